The first-order valence-corrected chi connectivity index (χ1v) is 4.84. The molecule has 0 radical (unpaired) electrons. The molecule has 0 aliphatic rings. The van der Waals surface area contributed by atoms with E-state index in [-0.39, 0.29) is 0 Å². The summed E-state index contributed by atoms with van der Waals surface area (Å²) in [5.74, 6) is 0.763. The molecule has 0 amide bonds. The third kappa shape index (κ3) is 3.22. The third-order valence-electron chi connectivity index (χ3n) is 1.82. The number of alkyl halides is 1. The van der Waals surface area contributed by atoms with Gasteiger partial charge in [0.1, 0.15) is 0 Å². The van der Waals surface area contributed by atoms with Crippen molar-refractivity contribution in [2.24, 2.45) is 0 Å². The zero-order valence-corrected chi connectivity index (χ0v) is 8.14. The van der Waals surface area contributed by atoms with E-state index in [0.29, 0.717) is 0 Å². The highest BCUT2D eigenvalue weighted by Crippen LogP contribution is 2.04. The molecular weight excluding hydrogens is 170 g/mol. The van der Waals surface area contributed by atoms with Gasteiger partial charge in [-0.2, -0.15) is 0 Å². The Hall–Kier alpha value is -0.560. The summed E-state index contributed by atoms with van der Waals surface area (Å²) in [5, 5.41) is 0. The van der Waals surface area contributed by atoms with Crippen LogP contribution < -0.4 is 0 Å². The first-order valence-electron chi connectivity index (χ1n) is 4.30. The molecular formula is C10H14ClN. The maximum absolute atomic E-state index is 5.58. The molecule has 0 saturated carbocycles. The lowest BCUT2D eigenvalue weighted by Gasteiger charge is -1.99. The number of rotatable bonds is 4. The van der Waals surface area contributed by atoms with E-state index in [1.54, 1.807) is 0 Å². The van der Waals surface area contributed by atoms with Crippen molar-refractivity contribution in [3.8, 4) is 0 Å². The number of unbranched alkanes of at least 4 members (excludes halogenated alkanes) is 1. The number of aromatic nitrogens is 1. The molecule has 0 atom stereocenters. The van der Waals surface area contributed by atoms with Gasteiger partial charge in [-0.15, -0.1) is 11.6 Å². The summed E-state index contributed by atoms with van der Waals surface area (Å²) in [6, 6.07) is 4.19. The van der Waals surface area contributed by atoms with Crippen molar-refractivity contribution in [1.29, 1.82) is 0 Å². The fourth-order valence-electron chi connectivity index (χ4n) is 1.07. The molecule has 12 heavy (non-hydrogen) atoms. The van der Waals surface area contributed by atoms with Crippen LogP contribution in [0.5, 0.6) is 0 Å². The first kappa shape index (κ1) is 9.53. The molecule has 0 spiro atoms. The lowest BCUT2D eigenvalue weighted by atomic mass is 10.1. The number of aryl methyl sites for hydroxylation is 2. The maximum Gasteiger partial charge on any atom is 0.0372 e. The molecule has 66 valence electrons. The number of nitrogens with zero attached hydrogens (tertiary/aromatic N) is 1. The van der Waals surface area contributed by atoms with Crippen molar-refractivity contribution in [2.45, 2.75) is 26.2 Å². The number of hydrogen-bond donors (Lipinski definition) is 0. The zero-order valence-electron chi connectivity index (χ0n) is 7.39. The molecule has 1 aromatic heterocycles. The Bertz CT molecular complexity index is 218. The zero-order chi connectivity index (χ0) is 8.81. The van der Waals surface area contributed by atoms with Gasteiger partial charge < -0.3 is 0 Å². The van der Waals surface area contributed by atoms with Crippen LogP contribution in [0.15, 0.2) is 18.3 Å². The van der Waals surface area contributed by atoms with Gasteiger partial charge in [0.15, 0.2) is 0 Å². The van der Waals surface area contributed by atoms with Gasteiger partial charge in [-0.25, -0.2) is 0 Å². The van der Waals surface area contributed by atoms with Gasteiger partial charge in [-0.05, 0) is 37.8 Å². The van der Waals surface area contributed by atoms with Gasteiger partial charge in [0.05, 0.1) is 0 Å². The topological polar surface area (TPSA) is 12.9 Å². The average molecular weight is 184 g/mol. The molecule has 0 aromatic carbocycles. The largest absolute Gasteiger partial charge is 0.261 e. The van der Waals surface area contributed by atoms with Crippen LogP contribution in [0, 0.1) is 6.92 Å². The van der Waals surface area contributed by atoms with Crippen molar-refractivity contribution in [3.05, 3.63) is 29.6 Å². The minimum atomic E-state index is 0.763. The van der Waals surface area contributed by atoms with E-state index in [0.717, 1.165) is 30.8 Å². The van der Waals surface area contributed by atoms with E-state index in [4.69, 9.17) is 11.6 Å². The van der Waals surface area contributed by atoms with Crippen molar-refractivity contribution >= 4 is 11.6 Å². The Labute approximate surface area is 78.8 Å². The summed E-state index contributed by atoms with van der Waals surface area (Å²) in [6.07, 6.45) is 5.30. The molecule has 0 N–H and O–H groups in total. The molecule has 0 aliphatic carbocycles. The van der Waals surface area contributed by atoms with Gasteiger partial charge in [0.2, 0.25) is 0 Å². The molecule has 1 heterocycles. The smallest absolute Gasteiger partial charge is 0.0372 e. The molecule has 0 unspecified atom stereocenters. The lowest BCUT2D eigenvalue weighted by Crippen LogP contribution is -1.88. The van der Waals surface area contributed by atoms with Crippen molar-refractivity contribution in [2.75, 3.05) is 5.88 Å². The monoisotopic (exact) mass is 183 g/mol. The van der Waals surface area contributed by atoms with Crippen LogP contribution >= 0.6 is 11.6 Å². The fraction of sp³-hybridized carbons (Fsp3) is 0.500. The fourth-order valence-corrected chi connectivity index (χ4v) is 1.26. The van der Waals surface area contributed by atoms with Gasteiger partial charge in [0, 0.05) is 17.8 Å². The predicted molar refractivity (Wildman–Crippen MR) is 52.6 cm³/mol. The van der Waals surface area contributed by atoms with Gasteiger partial charge >= 0.3 is 0 Å². The summed E-state index contributed by atoms with van der Waals surface area (Å²) < 4.78 is 0. The van der Waals surface area contributed by atoms with Crippen LogP contribution in [0.25, 0.3) is 0 Å². The van der Waals surface area contributed by atoms with Crippen LogP contribution in [0.1, 0.15) is 24.1 Å². The summed E-state index contributed by atoms with van der Waals surface area (Å²) in [7, 11) is 0. The summed E-state index contributed by atoms with van der Waals surface area (Å²) in [6.45, 7) is 2.00. The number of pyridine rings is 1. The molecule has 0 bridgehead atoms. The van der Waals surface area contributed by atoms with E-state index in [1.165, 1.54) is 5.56 Å². The van der Waals surface area contributed by atoms with E-state index in [2.05, 4.69) is 17.1 Å². The Balaban J connectivity index is 2.37. The van der Waals surface area contributed by atoms with Crippen LogP contribution in [-0.4, -0.2) is 10.9 Å². The van der Waals surface area contributed by atoms with E-state index in [1.807, 2.05) is 13.1 Å². The van der Waals surface area contributed by atoms with Crippen LogP contribution in [0.3, 0.4) is 0 Å². The quantitative estimate of drug-likeness (QED) is 0.517. The Morgan fingerprint density at radius 3 is 2.75 bits per heavy atom. The summed E-state index contributed by atoms with van der Waals surface area (Å²) in [4.78, 5) is 4.22. The van der Waals surface area contributed by atoms with Crippen molar-refractivity contribution < 1.29 is 0 Å². The Morgan fingerprint density at radius 1 is 1.33 bits per heavy atom. The normalized spacial score (nSPS) is 10.2. The molecule has 2 heteroatoms. The first-order chi connectivity index (χ1) is 5.83. The van der Waals surface area contributed by atoms with E-state index in [9.17, 15) is 0 Å². The number of hydrogen-bond acceptors (Lipinski definition) is 1. The average Bonchev–Trinajstić information content (AvgIpc) is 2.09. The summed E-state index contributed by atoms with van der Waals surface area (Å²) >= 11 is 5.58. The lowest BCUT2D eigenvalue weighted by molar-refractivity contribution is 0.796. The molecule has 0 saturated heterocycles. The van der Waals surface area contributed by atoms with Gasteiger partial charge in [-0.3, -0.25) is 4.98 Å². The maximum atomic E-state index is 5.58. The second kappa shape index (κ2) is 5.15. The molecule has 0 fully saturated rings. The van der Waals surface area contributed by atoms with Gasteiger partial charge in [-0.1, -0.05) is 6.07 Å². The minimum Gasteiger partial charge on any atom is -0.261 e. The third-order valence-corrected chi connectivity index (χ3v) is 2.09. The Kier molecular flexibility index (Phi) is 4.09. The standard InChI is InChI=1S/C10H14ClN/c1-9-5-6-10(8-12-9)4-2-3-7-11/h5-6,8H,2-4,7H2,1H3. The number of halogens is 1. The minimum absolute atomic E-state index is 0.763. The summed E-state index contributed by atoms with van der Waals surface area (Å²) in [5.41, 5.74) is 2.39. The second-order valence-corrected chi connectivity index (χ2v) is 3.33. The van der Waals surface area contributed by atoms with Crippen LogP contribution in [0.2, 0.25) is 0 Å². The molecule has 1 aromatic rings. The SMILES string of the molecule is Cc1ccc(CCCCCl)cn1. The molecule has 1 rings (SSSR count). The Morgan fingerprint density at radius 2 is 2.17 bits per heavy atom. The highest BCUT2D eigenvalue weighted by atomic mass is 35.5. The van der Waals surface area contributed by atoms with Crippen LogP contribution in [0.4, 0.5) is 0 Å². The van der Waals surface area contributed by atoms with Crippen LogP contribution in [-0.2, 0) is 6.42 Å². The highest BCUT2D eigenvalue weighted by molar-refractivity contribution is 6.17. The molecule has 1 nitrogen and oxygen atoms in total. The second-order valence-electron chi connectivity index (χ2n) is 2.95. The van der Waals surface area contributed by atoms with E-state index >= 15 is 0 Å². The van der Waals surface area contributed by atoms with E-state index < -0.39 is 0 Å². The highest BCUT2D eigenvalue weighted by Gasteiger charge is 1.92. The van der Waals surface area contributed by atoms with Crippen molar-refractivity contribution in [3.63, 3.8) is 0 Å². The molecule has 0 aliphatic heterocycles. The van der Waals surface area contributed by atoms with Gasteiger partial charge in [0.25, 0.3) is 0 Å². The predicted octanol–water partition coefficient (Wildman–Crippen LogP) is 2.95. The van der Waals surface area contributed by atoms with Crippen molar-refractivity contribution in [1.82, 2.24) is 4.98 Å².